The van der Waals surface area contributed by atoms with Gasteiger partial charge in [0.05, 0.1) is 0 Å². The molecule has 1 unspecified atom stereocenters. The van der Waals surface area contributed by atoms with Gasteiger partial charge in [0.15, 0.2) is 0 Å². The monoisotopic (exact) mass is 191 g/mol. The Hall–Kier alpha value is -0.960. The molecule has 1 aliphatic rings. The van der Waals surface area contributed by atoms with Crippen LogP contribution in [-0.2, 0) is 6.42 Å². The van der Waals surface area contributed by atoms with E-state index in [9.17, 15) is 0 Å². The molecule has 0 aromatic carbocycles. The van der Waals surface area contributed by atoms with Crippen LogP contribution in [0.15, 0.2) is 6.20 Å². The molecule has 0 aliphatic heterocycles. The lowest BCUT2D eigenvalue weighted by Gasteiger charge is -2.23. The summed E-state index contributed by atoms with van der Waals surface area (Å²) in [5.41, 5.74) is 8.20. The average Bonchev–Trinajstić information content (AvgIpc) is 2.18. The second-order valence-corrected chi connectivity index (χ2v) is 3.99. The average molecular weight is 191 g/mol. The van der Waals surface area contributed by atoms with E-state index in [0.717, 1.165) is 25.2 Å². The Labute approximate surface area is 84.8 Å². The standard InChI is InChI=1S/C11H17N3/c1-8-13-7-10-9(5-6-12)3-2-4-11(10)14-8/h7,9H,2-6,12H2,1H3. The molecule has 1 heterocycles. The molecule has 1 aliphatic carbocycles. The Morgan fingerprint density at radius 1 is 1.57 bits per heavy atom. The van der Waals surface area contributed by atoms with Crippen molar-refractivity contribution in [2.24, 2.45) is 5.73 Å². The minimum absolute atomic E-state index is 0.601. The lowest BCUT2D eigenvalue weighted by atomic mass is 9.84. The van der Waals surface area contributed by atoms with Gasteiger partial charge in [-0.2, -0.15) is 0 Å². The highest BCUT2D eigenvalue weighted by Crippen LogP contribution is 2.31. The molecule has 2 N–H and O–H groups in total. The number of hydrogen-bond acceptors (Lipinski definition) is 3. The third-order valence-electron chi connectivity index (χ3n) is 2.94. The van der Waals surface area contributed by atoms with E-state index < -0.39 is 0 Å². The molecule has 3 nitrogen and oxygen atoms in total. The van der Waals surface area contributed by atoms with Crippen molar-refractivity contribution in [2.75, 3.05) is 6.54 Å². The largest absolute Gasteiger partial charge is 0.330 e. The highest BCUT2D eigenvalue weighted by Gasteiger charge is 2.20. The molecule has 0 amide bonds. The van der Waals surface area contributed by atoms with E-state index in [1.54, 1.807) is 0 Å². The molecule has 76 valence electrons. The van der Waals surface area contributed by atoms with Crippen LogP contribution in [0.5, 0.6) is 0 Å². The smallest absolute Gasteiger partial charge is 0.125 e. The van der Waals surface area contributed by atoms with Crippen molar-refractivity contribution in [3.63, 3.8) is 0 Å². The quantitative estimate of drug-likeness (QED) is 0.771. The molecule has 3 heteroatoms. The van der Waals surface area contributed by atoms with Crippen molar-refractivity contribution in [3.05, 3.63) is 23.3 Å². The lowest BCUT2D eigenvalue weighted by molar-refractivity contribution is 0.514. The van der Waals surface area contributed by atoms with Gasteiger partial charge in [0.2, 0.25) is 0 Å². The zero-order chi connectivity index (χ0) is 9.97. The maximum absolute atomic E-state index is 5.61. The molecule has 0 radical (unpaired) electrons. The second-order valence-electron chi connectivity index (χ2n) is 3.99. The van der Waals surface area contributed by atoms with Crippen LogP contribution in [0.4, 0.5) is 0 Å². The van der Waals surface area contributed by atoms with E-state index >= 15 is 0 Å². The summed E-state index contributed by atoms with van der Waals surface area (Å²) in [6.45, 7) is 2.71. The summed E-state index contributed by atoms with van der Waals surface area (Å²) in [4.78, 5) is 8.77. The zero-order valence-corrected chi connectivity index (χ0v) is 8.66. The molecular weight excluding hydrogens is 174 g/mol. The topological polar surface area (TPSA) is 51.8 Å². The summed E-state index contributed by atoms with van der Waals surface area (Å²) in [5, 5.41) is 0. The third-order valence-corrected chi connectivity index (χ3v) is 2.94. The van der Waals surface area contributed by atoms with Crippen molar-refractivity contribution in [2.45, 2.75) is 38.5 Å². The SMILES string of the molecule is Cc1ncc2c(n1)CCCC2CCN. The van der Waals surface area contributed by atoms with Gasteiger partial charge in [0.1, 0.15) is 5.82 Å². The number of aryl methyl sites for hydroxylation is 2. The van der Waals surface area contributed by atoms with Crippen LogP contribution >= 0.6 is 0 Å². The van der Waals surface area contributed by atoms with Crippen LogP contribution in [0.2, 0.25) is 0 Å². The van der Waals surface area contributed by atoms with Gasteiger partial charge in [-0.3, -0.25) is 0 Å². The number of nitrogens with zero attached hydrogens (tertiary/aromatic N) is 2. The second kappa shape index (κ2) is 4.05. The minimum Gasteiger partial charge on any atom is -0.330 e. The van der Waals surface area contributed by atoms with Gasteiger partial charge in [0, 0.05) is 11.9 Å². The summed E-state index contributed by atoms with van der Waals surface area (Å²) in [6, 6.07) is 0. The Morgan fingerprint density at radius 2 is 2.43 bits per heavy atom. The molecule has 1 aromatic rings. The normalized spacial score (nSPS) is 20.6. The van der Waals surface area contributed by atoms with Gasteiger partial charge in [0.25, 0.3) is 0 Å². The predicted molar refractivity (Wildman–Crippen MR) is 56.1 cm³/mol. The summed E-state index contributed by atoms with van der Waals surface area (Å²) in [6.07, 6.45) is 6.67. The number of nitrogens with two attached hydrogens (primary N) is 1. The Balaban J connectivity index is 2.30. The molecule has 0 bridgehead atoms. The van der Waals surface area contributed by atoms with Gasteiger partial charge in [-0.05, 0) is 50.6 Å². The summed E-state index contributed by atoms with van der Waals surface area (Å²) < 4.78 is 0. The molecule has 1 aromatic heterocycles. The van der Waals surface area contributed by atoms with Crippen molar-refractivity contribution < 1.29 is 0 Å². The van der Waals surface area contributed by atoms with Crippen LogP contribution in [0, 0.1) is 6.92 Å². The first kappa shape index (κ1) is 9.59. The zero-order valence-electron chi connectivity index (χ0n) is 8.66. The molecule has 0 saturated heterocycles. The van der Waals surface area contributed by atoms with Crippen LogP contribution in [0.1, 0.15) is 42.3 Å². The Bertz CT molecular complexity index is 322. The van der Waals surface area contributed by atoms with E-state index in [2.05, 4.69) is 9.97 Å². The van der Waals surface area contributed by atoms with Crippen molar-refractivity contribution in [1.29, 1.82) is 0 Å². The molecule has 14 heavy (non-hydrogen) atoms. The fourth-order valence-corrected chi connectivity index (χ4v) is 2.24. The van der Waals surface area contributed by atoms with Crippen LogP contribution < -0.4 is 5.73 Å². The number of rotatable bonds is 2. The van der Waals surface area contributed by atoms with Crippen LogP contribution in [-0.4, -0.2) is 16.5 Å². The molecule has 2 rings (SSSR count). The van der Waals surface area contributed by atoms with E-state index in [0.29, 0.717) is 5.92 Å². The number of hydrogen-bond donors (Lipinski definition) is 1. The first-order valence-electron chi connectivity index (χ1n) is 5.33. The molecule has 0 saturated carbocycles. The molecule has 0 fully saturated rings. The van der Waals surface area contributed by atoms with Crippen LogP contribution in [0.25, 0.3) is 0 Å². The molecule has 1 atom stereocenters. The van der Waals surface area contributed by atoms with Crippen molar-refractivity contribution in [1.82, 2.24) is 9.97 Å². The Morgan fingerprint density at radius 3 is 3.21 bits per heavy atom. The molecule has 0 spiro atoms. The fraction of sp³-hybridized carbons (Fsp3) is 0.636. The first-order valence-corrected chi connectivity index (χ1v) is 5.33. The summed E-state index contributed by atoms with van der Waals surface area (Å²) >= 11 is 0. The van der Waals surface area contributed by atoms with Gasteiger partial charge >= 0.3 is 0 Å². The van der Waals surface area contributed by atoms with E-state index in [-0.39, 0.29) is 0 Å². The number of aromatic nitrogens is 2. The van der Waals surface area contributed by atoms with E-state index in [1.807, 2.05) is 13.1 Å². The highest BCUT2D eigenvalue weighted by molar-refractivity contribution is 5.24. The van der Waals surface area contributed by atoms with Crippen LogP contribution in [0.3, 0.4) is 0 Å². The van der Waals surface area contributed by atoms with Gasteiger partial charge in [-0.15, -0.1) is 0 Å². The van der Waals surface area contributed by atoms with Gasteiger partial charge < -0.3 is 5.73 Å². The van der Waals surface area contributed by atoms with Crippen molar-refractivity contribution in [3.8, 4) is 0 Å². The summed E-state index contributed by atoms with van der Waals surface area (Å²) in [5.74, 6) is 1.49. The fourth-order valence-electron chi connectivity index (χ4n) is 2.24. The summed E-state index contributed by atoms with van der Waals surface area (Å²) in [7, 11) is 0. The number of fused-ring (bicyclic) bond motifs is 1. The van der Waals surface area contributed by atoms with Gasteiger partial charge in [-0.25, -0.2) is 9.97 Å². The van der Waals surface area contributed by atoms with E-state index in [1.165, 1.54) is 24.1 Å². The van der Waals surface area contributed by atoms with Crippen molar-refractivity contribution >= 4 is 0 Å². The minimum atomic E-state index is 0.601. The van der Waals surface area contributed by atoms with Gasteiger partial charge in [-0.1, -0.05) is 0 Å². The lowest BCUT2D eigenvalue weighted by Crippen LogP contribution is -2.16. The predicted octanol–water partition coefficient (Wildman–Crippen LogP) is 1.55. The molecular formula is C11H17N3. The highest BCUT2D eigenvalue weighted by atomic mass is 14.9. The Kier molecular flexibility index (Phi) is 2.77. The maximum Gasteiger partial charge on any atom is 0.125 e. The maximum atomic E-state index is 5.61. The first-order chi connectivity index (χ1) is 6.81. The third kappa shape index (κ3) is 1.77. The van der Waals surface area contributed by atoms with E-state index in [4.69, 9.17) is 5.73 Å².